The van der Waals surface area contributed by atoms with E-state index < -0.39 is 0 Å². The van der Waals surface area contributed by atoms with Gasteiger partial charge in [-0.15, -0.1) is 0 Å². The van der Waals surface area contributed by atoms with Gasteiger partial charge in [0.15, 0.2) is 0 Å². The van der Waals surface area contributed by atoms with E-state index in [1.807, 2.05) is 12.3 Å². The Labute approximate surface area is 166 Å². The van der Waals surface area contributed by atoms with Crippen LogP contribution in [0.25, 0.3) is 17.2 Å². The molecule has 0 spiro atoms. The van der Waals surface area contributed by atoms with Gasteiger partial charge in [0, 0.05) is 30.1 Å². The van der Waals surface area contributed by atoms with Crippen LogP contribution >= 0.6 is 0 Å². The first-order valence-electron chi connectivity index (χ1n) is 9.66. The smallest absolute Gasteiger partial charge is 0.126 e. The lowest BCUT2D eigenvalue weighted by atomic mass is 9.93. The first-order valence-corrected chi connectivity index (χ1v) is 9.66. The molecule has 0 saturated heterocycles. The number of ether oxygens (including phenoxy) is 1. The molecule has 0 amide bonds. The second-order valence-corrected chi connectivity index (χ2v) is 7.02. The summed E-state index contributed by atoms with van der Waals surface area (Å²) in [6.45, 7) is 3.01. The van der Waals surface area contributed by atoms with Crippen molar-refractivity contribution < 1.29 is 4.74 Å². The molecule has 2 heterocycles. The molecule has 2 aromatic carbocycles. The molecule has 3 heteroatoms. The molecule has 3 nitrogen and oxygen atoms in total. The van der Waals surface area contributed by atoms with Crippen LogP contribution in [-0.2, 0) is 0 Å². The van der Waals surface area contributed by atoms with E-state index in [2.05, 4.69) is 66.5 Å². The van der Waals surface area contributed by atoms with Crippen LogP contribution in [0.5, 0.6) is 5.75 Å². The normalized spacial score (nSPS) is 15.4. The highest BCUT2D eigenvalue weighted by atomic mass is 16.5. The van der Waals surface area contributed by atoms with Gasteiger partial charge in [-0.25, -0.2) is 0 Å². The van der Waals surface area contributed by atoms with Gasteiger partial charge in [0.25, 0.3) is 0 Å². The van der Waals surface area contributed by atoms with Gasteiger partial charge in [-0.2, -0.15) is 0 Å². The zero-order valence-corrected chi connectivity index (χ0v) is 16.4. The molecule has 0 aliphatic carbocycles. The van der Waals surface area contributed by atoms with Crippen LogP contribution in [0.2, 0.25) is 0 Å². The lowest BCUT2D eigenvalue weighted by Crippen LogP contribution is -2.11. The molecule has 3 aromatic rings. The van der Waals surface area contributed by atoms with Crippen molar-refractivity contribution in [3.63, 3.8) is 0 Å². The van der Waals surface area contributed by atoms with Crippen molar-refractivity contribution in [3.8, 4) is 16.9 Å². The van der Waals surface area contributed by atoms with Gasteiger partial charge >= 0.3 is 0 Å². The predicted octanol–water partition coefficient (Wildman–Crippen LogP) is 5.73. The van der Waals surface area contributed by atoms with Gasteiger partial charge in [0.1, 0.15) is 5.75 Å². The number of aliphatic imine (C=N–C) groups is 1. The molecule has 4 rings (SSSR count). The summed E-state index contributed by atoms with van der Waals surface area (Å²) >= 11 is 0. The maximum atomic E-state index is 5.64. The van der Waals surface area contributed by atoms with Crippen molar-refractivity contribution >= 4 is 11.8 Å². The third kappa shape index (κ3) is 3.74. The standard InChI is InChI=1S/C25H24N2O/c1-18-7-3-4-10-22(18)23-16-19(11-12-24(23)28-2)15-20-8-6-14-27-25(20)21-9-5-13-26-17-21/h3-5,7,9-13,15-17H,6,8,14H2,1-2H3/b20-15+. The molecule has 140 valence electrons. The maximum Gasteiger partial charge on any atom is 0.126 e. The van der Waals surface area contributed by atoms with Crippen LogP contribution in [-0.4, -0.2) is 24.4 Å². The Morgan fingerprint density at radius 1 is 1.00 bits per heavy atom. The van der Waals surface area contributed by atoms with Crippen LogP contribution in [0.15, 0.2) is 77.6 Å². The highest BCUT2D eigenvalue weighted by molar-refractivity contribution is 6.15. The quantitative estimate of drug-likeness (QED) is 0.589. The van der Waals surface area contributed by atoms with Crippen LogP contribution in [0.1, 0.15) is 29.5 Å². The predicted molar refractivity (Wildman–Crippen MR) is 116 cm³/mol. The molecule has 1 aliphatic heterocycles. The summed E-state index contributed by atoms with van der Waals surface area (Å²) in [5.41, 5.74) is 8.12. The van der Waals surface area contributed by atoms with E-state index in [1.165, 1.54) is 16.7 Å². The molecular formula is C25H24N2O. The molecule has 1 aliphatic rings. The summed E-state index contributed by atoms with van der Waals surface area (Å²) in [6.07, 6.45) is 8.06. The molecule has 1 aromatic heterocycles. The Morgan fingerprint density at radius 3 is 2.68 bits per heavy atom. The van der Waals surface area contributed by atoms with Gasteiger partial charge in [-0.05, 0) is 72.4 Å². The summed E-state index contributed by atoms with van der Waals surface area (Å²) in [5.74, 6) is 0.890. The number of rotatable bonds is 4. The van der Waals surface area contributed by atoms with Crippen LogP contribution < -0.4 is 4.74 Å². The first kappa shape index (κ1) is 18.2. The summed E-state index contributed by atoms with van der Waals surface area (Å²) in [5, 5.41) is 0. The Morgan fingerprint density at radius 2 is 1.89 bits per heavy atom. The molecule has 0 atom stereocenters. The molecule has 0 radical (unpaired) electrons. The fourth-order valence-electron chi connectivity index (χ4n) is 3.70. The fourth-order valence-corrected chi connectivity index (χ4v) is 3.70. The lowest BCUT2D eigenvalue weighted by molar-refractivity contribution is 0.416. The van der Waals surface area contributed by atoms with E-state index in [9.17, 15) is 0 Å². The van der Waals surface area contributed by atoms with Gasteiger partial charge in [-0.1, -0.05) is 30.3 Å². The SMILES string of the molecule is COc1ccc(/C=C2\CCCN=C2c2cccnc2)cc1-c1ccccc1C. The second kappa shape index (κ2) is 8.22. The number of hydrogen-bond donors (Lipinski definition) is 0. The number of hydrogen-bond acceptors (Lipinski definition) is 3. The third-order valence-electron chi connectivity index (χ3n) is 5.11. The lowest BCUT2D eigenvalue weighted by Gasteiger charge is -2.17. The van der Waals surface area contributed by atoms with E-state index in [4.69, 9.17) is 9.73 Å². The summed E-state index contributed by atoms with van der Waals surface area (Å²) in [4.78, 5) is 9.05. The molecule has 0 bridgehead atoms. The van der Waals surface area contributed by atoms with Crippen molar-refractivity contribution in [2.75, 3.05) is 13.7 Å². The summed E-state index contributed by atoms with van der Waals surface area (Å²) < 4.78 is 5.64. The Kier molecular flexibility index (Phi) is 5.34. The van der Waals surface area contributed by atoms with E-state index in [0.29, 0.717) is 0 Å². The highest BCUT2D eigenvalue weighted by Gasteiger charge is 2.15. The van der Waals surface area contributed by atoms with E-state index in [1.54, 1.807) is 13.3 Å². The number of allylic oxidation sites excluding steroid dienone is 1. The van der Waals surface area contributed by atoms with Crippen molar-refractivity contribution in [1.29, 1.82) is 0 Å². The van der Waals surface area contributed by atoms with E-state index in [-0.39, 0.29) is 0 Å². The van der Waals surface area contributed by atoms with Gasteiger partial charge < -0.3 is 4.74 Å². The van der Waals surface area contributed by atoms with Gasteiger partial charge in [0.2, 0.25) is 0 Å². The fraction of sp³-hybridized carbons (Fsp3) is 0.200. The van der Waals surface area contributed by atoms with Crippen LogP contribution in [0.4, 0.5) is 0 Å². The van der Waals surface area contributed by atoms with Gasteiger partial charge in [-0.3, -0.25) is 9.98 Å². The molecule has 0 fully saturated rings. The monoisotopic (exact) mass is 368 g/mol. The minimum Gasteiger partial charge on any atom is -0.496 e. The topological polar surface area (TPSA) is 34.5 Å². The Balaban J connectivity index is 1.77. The summed E-state index contributed by atoms with van der Waals surface area (Å²) in [7, 11) is 1.73. The first-order chi connectivity index (χ1) is 13.8. The molecular weight excluding hydrogens is 344 g/mol. The molecule has 0 unspecified atom stereocenters. The zero-order chi connectivity index (χ0) is 19.3. The number of aryl methyl sites for hydroxylation is 1. The zero-order valence-electron chi connectivity index (χ0n) is 16.4. The number of methoxy groups -OCH3 is 1. The highest BCUT2D eigenvalue weighted by Crippen LogP contribution is 2.34. The number of nitrogens with zero attached hydrogens (tertiary/aromatic N) is 2. The Bertz CT molecular complexity index is 1040. The molecule has 0 saturated carbocycles. The van der Waals surface area contributed by atoms with Crippen molar-refractivity contribution in [3.05, 3.63) is 89.3 Å². The second-order valence-electron chi connectivity index (χ2n) is 7.02. The minimum absolute atomic E-state index is 0.874. The van der Waals surface area contributed by atoms with E-state index in [0.717, 1.165) is 47.5 Å². The third-order valence-corrected chi connectivity index (χ3v) is 5.11. The Hall–Kier alpha value is -3.20. The number of benzene rings is 2. The summed E-state index contributed by atoms with van der Waals surface area (Å²) in [6, 6.07) is 18.8. The number of aromatic nitrogens is 1. The average Bonchev–Trinajstić information content (AvgIpc) is 2.75. The van der Waals surface area contributed by atoms with E-state index >= 15 is 0 Å². The van der Waals surface area contributed by atoms with Crippen molar-refractivity contribution in [2.24, 2.45) is 4.99 Å². The largest absolute Gasteiger partial charge is 0.496 e. The van der Waals surface area contributed by atoms with Crippen LogP contribution in [0.3, 0.4) is 0 Å². The molecule has 0 N–H and O–H groups in total. The van der Waals surface area contributed by atoms with Crippen LogP contribution in [0, 0.1) is 6.92 Å². The maximum absolute atomic E-state index is 5.64. The van der Waals surface area contributed by atoms with Crippen molar-refractivity contribution in [2.45, 2.75) is 19.8 Å². The minimum atomic E-state index is 0.874. The van der Waals surface area contributed by atoms with Crippen molar-refractivity contribution in [1.82, 2.24) is 4.98 Å². The molecule has 28 heavy (non-hydrogen) atoms. The van der Waals surface area contributed by atoms with Gasteiger partial charge in [0.05, 0.1) is 12.8 Å². The number of pyridine rings is 1. The average molecular weight is 368 g/mol.